The molecule has 0 unspecified atom stereocenters. The first-order valence-electron chi connectivity index (χ1n) is 7.34. The van der Waals surface area contributed by atoms with Gasteiger partial charge in [-0.2, -0.15) is 0 Å². The summed E-state index contributed by atoms with van der Waals surface area (Å²) < 4.78 is 1.19. The van der Waals surface area contributed by atoms with E-state index in [0.29, 0.717) is 21.9 Å². The lowest BCUT2D eigenvalue weighted by Gasteiger charge is -2.09. The predicted molar refractivity (Wildman–Crippen MR) is 91.4 cm³/mol. The first-order chi connectivity index (χ1) is 11.3. The van der Waals surface area contributed by atoms with E-state index >= 15 is 0 Å². The van der Waals surface area contributed by atoms with Gasteiger partial charge >= 0.3 is 0 Å². The molecular weight excluding hydrogens is 288 g/mol. The molecule has 0 saturated carbocycles. The maximum absolute atomic E-state index is 12.9. The van der Waals surface area contributed by atoms with Crippen LogP contribution in [0.3, 0.4) is 0 Å². The summed E-state index contributed by atoms with van der Waals surface area (Å²) in [6.45, 7) is 0. The van der Waals surface area contributed by atoms with Crippen molar-refractivity contribution in [2.75, 3.05) is 0 Å². The number of hydrogen-bond acceptors (Lipinski definition) is 3. The van der Waals surface area contributed by atoms with Crippen LogP contribution in [0.25, 0.3) is 38.1 Å². The Bertz CT molecular complexity index is 1350. The van der Waals surface area contributed by atoms with Crippen LogP contribution in [-0.2, 0) is 0 Å². The molecule has 0 aliphatic carbocycles. The van der Waals surface area contributed by atoms with Gasteiger partial charge in [0.25, 0.3) is 11.1 Å². The molecule has 5 aromatic rings. The Kier molecular flexibility index (Phi) is 2.21. The Hall–Kier alpha value is -3.27. The number of fused-ring (bicyclic) bond motifs is 3. The fourth-order valence-electron chi connectivity index (χ4n) is 3.33. The molecule has 4 nitrogen and oxygen atoms in total. The third-order valence-corrected chi connectivity index (χ3v) is 4.35. The summed E-state index contributed by atoms with van der Waals surface area (Å²) >= 11 is 0. The minimum absolute atomic E-state index is 0.312. The number of benzene rings is 3. The van der Waals surface area contributed by atoms with Crippen LogP contribution in [0.5, 0.6) is 0 Å². The van der Waals surface area contributed by atoms with Crippen molar-refractivity contribution in [3.05, 3.63) is 81.4 Å². The summed E-state index contributed by atoms with van der Waals surface area (Å²) in [5, 5.41) is 3.66. The average molecular weight is 298 g/mol. The summed E-state index contributed by atoms with van der Waals surface area (Å²) in [7, 11) is 0. The molecule has 5 rings (SSSR count). The number of aromatic nitrogens is 2. The van der Waals surface area contributed by atoms with Crippen LogP contribution in [0.4, 0.5) is 0 Å². The Morgan fingerprint density at radius 2 is 1.35 bits per heavy atom. The van der Waals surface area contributed by atoms with Gasteiger partial charge < -0.3 is 0 Å². The van der Waals surface area contributed by atoms with Gasteiger partial charge in [0, 0.05) is 16.2 Å². The first kappa shape index (κ1) is 12.3. The molecule has 2 heterocycles. The standard InChI is InChI=1S/C19H10N2O2/c22-18-12-7-1-2-10-15(12)20-17-13-8-3-5-11-6-4-9-14(16(11)13)19(23)21(17)18/h1-10H. The summed E-state index contributed by atoms with van der Waals surface area (Å²) in [5.74, 6) is 0. The van der Waals surface area contributed by atoms with Crippen LogP contribution in [0.2, 0.25) is 0 Å². The van der Waals surface area contributed by atoms with E-state index in [0.717, 1.165) is 16.2 Å². The molecule has 2 aromatic heterocycles. The summed E-state index contributed by atoms with van der Waals surface area (Å²) in [5.41, 5.74) is 0.394. The van der Waals surface area contributed by atoms with E-state index in [9.17, 15) is 9.59 Å². The van der Waals surface area contributed by atoms with Gasteiger partial charge in [0.15, 0.2) is 5.65 Å². The molecule has 0 saturated heterocycles. The quantitative estimate of drug-likeness (QED) is 0.326. The van der Waals surface area contributed by atoms with E-state index in [-0.39, 0.29) is 11.1 Å². The van der Waals surface area contributed by atoms with Gasteiger partial charge in [0.2, 0.25) is 0 Å². The minimum Gasteiger partial charge on any atom is -0.268 e. The summed E-state index contributed by atoms with van der Waals surface area (Å²) in [4.78, 5) is 30.3. The Morgan fingerprint density at radius 1 is 0.696 bits per heavy atom. The number of para-hydroxylation sites is 1. The predicted octanol–water partition coefficient (Wildman–Crippen LogP) is 2.95. The van der Waals surface area contributed by atoms with E-state index in [2.05, 4.69) is 4.98 Å². The normalized spacial score (nSPS) is 11.8. The molecule has 0 aliphatic rings. The monoisotopic (exact) mass is 298 g/mol. The number of hydrogen-bond donors (Lipinski definition) is 0. The highest BCUT2D eigenvalue weighted by molar-refractivity contribution is 6.14. The zero-order valence-electron chi connectivity index (χ0n) is 12.0. The number of rotatable bonds is 0. The van der Waals surface area contributed by atoms with E-state index in [1.165, 1.54) is 4.40 Å². The van der Waals surface area contributed by atoms with Crippen molar-refractivity contribution in [2.45, 2.75) is 0 Å². The van der Waals surface area contributed by atoms with Crippen molar-refractivity contribution in [1.29, 1.82) is 0 Å². The van der Waals surface area contributed by atoms with Crippen molar-refractivity contribution in [1.82, 2.24) is 9.38 Å². The third-order valence-electron chi connectivity index (χ3n) is 4.35. The first-order valence-corrected chi connectivity index (χ1v) is 7.34. The molecular formula is C19H10N2O2. The van der Waals surface area contributed by atoms with Gasteiger partial charge in [-0.3, -0.25) is 9.59 Å². The Morgan fingerprint density at radius 3 is 2.17 bits per heavy atom. The summed E-state index contributed by atoms with van der Waals surface area (Å²) in [6.07, 6.45) is 0. The second-order valence-electron chi connectivity index (χ2n) is 5.61. The van der Waals surface area contributed by atoms with Crippen molar-refractivity contribution in [3.8, 4) is 0 Å². The Balaban J connectivity index is 2.26. The average Bonchev–Trinajstić information content (AvgIpc) is 2.59. The lowest BCUT2D eigenvalue weighted by molar-refractivity contribution is 1.05. The van der Waals surface area contributed by atoms with Gasteiger partial charge in [0.05, 0.1) is 10.9 Å². The number of nitrogens with zero attached hydrogens (tertiary/aromatic N) is 2. The molecule has 0 radical (unpaired) electrons. The van der Waals surface area contributed by atoms with Crippen LogP contribution in [-0.4, -0.2) is 9.38 Å². The van der Waals surface area contributed by atoms with E-state index in [1.54, 1.807) is 24.3 Å². The van der Waals surface area contributed by atoms with Gasteiger partial charge in [-0.15, -0.1) is 0 Å². The van der Waals surface area contributed by atoms with Crippen molar-refractivity contribution < 1.29 is 0 Å². The smallest absolute Gasteiger partial charge is 0.268 e. The maximum Gasteiger partial charge on any atom is 0.268 e. The highest BCUT2D eigenvalue weighted by Gasteiger charge is 2.15. The highest BCUT2D eigenvalue weighted by atomic mass is 16.2. The molecule has 4 heteroatoms. The zero-order valence-corrected chi connectivity index (χ0v) is 12.0. The van der Waals surface area contributed by atoms with E-state index in [1.807, 2.05) is 36.4 Å². The van der Waals surface area contributed by atoms with E-state index in [4.69, 9.17) is 0 Å². The lowest BCUT2D eigenvalue weighted by atomic mass is 10.0. The van der Waals surface area contributed by atoms with Crippen LogP contribution >= 0.6 is 0 Å². The molecule has 3 aromatic carbocycles. The van der Waals surface area contributed by atoms with E-state index < -0.39 is 0 Å². The van der Waals surface area contributed by atoms with Gasteiger partial charge in [-0.1, -0.05) is 42.5 Å². The molecule has 0 N–H and O–H groups in total. The summed E-state index contributed by atoms with van der Waals surface area (Å²) in [6, 6.07) is 18.5. The van der Waals surface area contributed by atoms with Crippen molar-refractivity contribution in [2.24, 2.45) is 0 Å². The second-order valence-corrected chi connectivity index (χ2v) is 5.61. The van der Waals surface area contributed by atoms with Crippen LogP contribution in [0, 0.1) is 0 Å². The maximum atomic E-state index is 12.9. The molecule has 0 aliphatic heterocycles. The molecule has 108 valence electrons. The minimum atomic E-state index is -0.317. The second kappa shape index (κ2) is 4.14. The van der Waals surface area contributed by atoms with Crippen LogP contribution in [0.15, 0.2) is 70.3 Å². The van der Waals surface area contributed by atoms with Crippen LogP contribution < -0.4 is 11.1 Å². The largest absolute Gasteiger partial charge is 0.268 e. The van der Waals surface area contributed by atoms with Crippen molar-refractivity contribution >= 4 is 38.1 Å². The topological polar surface area (TPSA) is 51.4 Å². The highest BCUT2D eigenvalue weighted by Crippen LogP contribution is 2.26. The molecule has 0 fully saturated rings. The van der Waals surface area contributed by atoms with Crippen LogP contribution in [0.1, 0.15) is 0 Å². The van der Waals surface area contributed by atoms with Gasteiger partial charge in [0.1, 0.15) is 0 Å². The molecule has 0 spiro atoms. The third kappa shape index (κ3) is 1.47. The zero-order chi connectivity index (χ0) is 15.6. The van der Waals surface area contributed by atoms with Crippen molar-refractivity contribution in [3.63, 3.8) is 0 Å². The lowest BCUT2D eigenvalue weighted by Crippen LogP contribution is -2.28. The molecule has 23 heavy (non-hydrogen) atoms. The SMILES string of the molecule is O=c1c2ccccc2nc2c3cccc4cccc(c(=O)n12)c43. The fourth-order valence-corrected chi connectivity index (χ4v) is 3.33. The molecule has 0 bridgehead atoms. The molecule has 0 atom stereocenters. The van der Waals surface area contributed by atoms with Gasteiger partial charge in [-0.05, 0) is 23.6 Å². The fraction of sp³-hybridized carbons (Fsp3) is 0. The Labute approximate surface area is 129 Å². The molecule has 0 amide bonds. The number of pyridine rings is 1. The van der Waals surface area contributed by atoms with Gasteiger partial charge in [-0.25, -0.2) is 9.38 Å².